The van der Waals surface area contributed by atoms with Crippen LogP contribution < -0.4 is 10.2 Å². The summed E-state index contributed by atoms with van der Waals surface area (Å²) in [7, 11) is 1.48. The smallest absolute Gasteiger partial charge is 0.227 e. The zero-order valence-corrected chi connectivity index (χ0v) is 8.07. The van der Waals surface area contributed by atoms with Crippen LogP contribution >= 0.6 is 0 Å². The summed E-state index contributed by atoms with van der Waals surface area (Å²) in [5, 5.41) is 0. The lowest BCUT2D eigenvalue weighted by Crippen LogP contribution is -2.04. The first-order valence-electron chi connectivity index (χ1n) is 4.26. The van der Waals surface area contributed by atoms with Gasteiger partial charge in [0.05, 0.1) is 7.11 Å². The van der Waals surface area contributed by atoms with E-state index in [0.717, 1.165) is 0 Å². The molecule has 1 aromatic rings. The molecule has 2 heteroatoms. The zero-order valence-electron chi connectivity index (χ0n) is 8.07. The van der Waals surface area contributed by atoms with E-state index in [2.05, 4.69) is 6.58 Å². The first-order chi connectivity index (χ1) is 6.79. The number of methoxy groups -OCH3 is 1. The molecule has 0 aliphatic rings. The normalized spacial score (nSPS) is 10.1. The van der Waals surface area contributed by atoms with E-state index in [9.17, 15) is 4.79 Å². The van der Waals surface area contributed by atoms with Crippen LogP contribution in [0.2, 0.25) is 0 Å². The standard InChI is InChI=1S/C12H12O2/c1-3-4-7-10-8-5-6-9-11(14-2)12(10)13/h3-9H,1H2,2H3/b7-4+. The van der Waals surface area contributed by atoms with Crippen molar-refractivity contribution in [1.29, 1.82) is 0 Å². The molecule has 0 amide bonds. The SMILES string of the molecule is C=C/C=C/c1ccccc(OC)c1=O. The first kappa shape index (κ1) is 10.3. The molecule has 0 unspecified atom stereocenters. The van der Waals surface area contributed by atoms with Crippen molar-refractivity contribution < 1.29 is 4.74 Å². The lowest BCUT2D eigenvalue weighted by atomic mass is 10.2. The monoisotopic (exact) mass is 188 g/mol. The number of allylic oxidation sites excluding steroid dienone is 2. The number of ether oxygens (including phenoxy) is 1. The molecule has 1 aromatic carbocycles. The van der Waals surface area contributed by atoms with Crippen LogP contribution in [0.5, 0.6) is 5.75 Å². The Morgan fingerprint density at radius 2 is 2.07 bits per heavy atom. The van der Waals surface area contributed by atoms with Gasteiger partial charge in [0, 0.05) is 5.56 Å². The van der Waals surface area contributed by atoms with E-state index in [1.54, 1.807) is 42.5 Å². The van der Waals surface area contributed by atoms with E-state index in [-0.39, 0.29) is 5.43 Å². The highest BCUT2D eigenvalue weighted by Gasteiger charge is 1.98. The molecule has 0 aliphatic carbocycles. The van der Waals surface area contributed by atoms with Crippen LogP contribution in [0.3, 0.4) is 0 Å². The predicted molar refractivity (Wildman–Crippen MR) is 58.5 cm³/mol. The minimum Gasteiger partial charge on any atom is -0.493 e. The molecule has 2 nitrogen and oxygen atoms in total. The highest BCUT2D eigenvalue weighted by Crippen LogP contribution is 2.03. The largest absolute Gasteiger partial charge is 0.493 e. The van der Waals surface area contributed by atoms with Crippen LogP contribution in [0.4, 0.5) is 0 Å². The summed E-state index contributed by atoms with van der Waals surface area (Å²) >= 11 is 0. The molecular weight excluding hydrogens is 176 g/mol. The fourth-order valence-electron chi connectivity index (χ4n) is 1.06. The Labute approximate surface area is 83.2 Å². The van der Waals surface area contributed by atoms with E-state index in [4.69, 9.17) is 4.74 Å². The Morgan fingerprint density at radius 1 is 1.36 bits per heavy atom. The fraction of sp³-hybridized carbons (Fsp3) is 0.0833. The van der Waals surface area contributed by atoms with Gasteiger partial charge >= 0.3 is 0 Å². The summed E-state index contributed by atoms with van der Waals surface area (Å²) in [4.78, 5) is 11.7. The van der Waals surface area contributed by atoms with E-state index in [1.165, 1.54) is 7.11 Å². The average molecular weight is 188 g/mol. The summed E-state index contributed by atoms with van der Waals surface area (Å²) in [5.74, 6) is 0.346. The molecule has 0 atom stereocenters. The second-order valence-corrected chi connectivity index (χ2v) is 2.67. The first-order valence-corrected chi connectivity index (χ1v) is 4.26. The second-order valence-electron chi connectivity index (χ2n) is 2.67. The van der Waals surface area contributed by atoms with Crippen molar-refractivity contribution in [2.24, 2.45) is 0 Å². The number of hydrogen-bond acceptors (Lipinski definition) is 2. The maximum absolute atomic E-state index is 11.7. The molecule has 0 aliphatic heterocycles. The summed E-state index contributed by atoms with van der Waals surface area (Å²) in [6, 6.07) is 6.95. The molecule has 72 valence electrons. The van der Waals surface area contributed by atoms with Crippen molar-refractivity contribution in [1.82, 2.24) is 0 Å². The number of rotatable bonds is 3. The van der Waals surface area contributed by atoms with Gasteiger partial charge in [-0.2, -0.15) is 0 Å². The molecule has 1 rings (SSSR count). The lowest BCUT2D eigenvalue weighted by molar-refractivity contribution is 0.411. The highest BCUT2D eigenvalue weighted by atomic mass is 16.5. The van der Waals surface area contributed by atoms with Gasteiger partial charge in [0.15, 0.2) is 5.75 Å². The quantitative estimate of drug-likeness (QED) is 0.680. The summed E-state index contributed by atoms with van der Waals surface area (Å²) in [6.45, 7) is 3.54. The Hall–Kier alpha value is -1.83. The van der Waals surface area contributed by atoms with Crippen LogP contribution in [0.25, 0.3) is 6.08 Å². The van der Waals surface area contributed by atoms with E-state index in [0.29, 0.717) is 11.3 Å². The van der Waals surface area contributed by atoms with Crippen LogP contribution in [-0.2, 0) is 0 Å². The third-order valence-electron chi connectivity index (χ3n) is 1.75. The minimum atomic E-state index is -0.115. The molecule has 0 spiro atoms. The van der Waals surface area contributed by atoms with E-state index in [1.807, 2.05) is 0 Å². The Morgan fingerprint density at radius 3 is 2.71 bits per heavy atom. The molecular formula is C12H12O2. The topological polar surface area (TPSA) is 26.3 Å². The number of hydrogen-bond donors (Lipinski definition) is 0. The molecule has 0 radical (unpaired) electrons. The molecule has 0 saturated heterocycles. The van der Waals surface area contributed by atoms with Crippen molar-refractivity contribution in [3.8, 4) is 5.75 Å². The molecule has 0 fully saturated rings. The Balaban J connectivity index is 3.32. The molecule has 0 heterocycles. The third kappa shape index (κ3) is 2.33. The zero-order chi connectivity index (χ0) is 10.4. The minimum absolute atomic E-state index is 0.115. The van der Waals surface area contributed by atoms with Gasteiger partial charge in [-0.25, -0.2) is 0 Å². The van der Waals surface area contributed by atoms with Gasteiger partial charge in [0.25, 0.3) is 0 Å². The Kier molecular flexibility index (Phi) is 3.68. The average Bonchev–Trinajstić information content (AvgIpc) is 2.38. The van der Waals surface area contributed by atoms with Gasteiger partial charge in [0.2, 0.25) is 5.43 Å². The van der Waals surface area contributed by atoms with Gasteiger partial charge < -0.3 is 4.74 Å². The van der Waals surface area contributed by atoms with Crippen molar-refractivity contribution in [3.05, 3.63) is 58.8 Å². The van der Waals surface area contributed by atoms with Gasteiger partial charge in [-0.1, -0.05) is 43.0 Å². The summed E-state index contributed by atoms with van der Waals surface area (Å²) in [5.41, 5.74) is 0.474. The molecule has 0 aromatic heterocycles. The molecule has 14 heavy (non-hydrogen) atoms. The van der Waals surface area contributed by atoms with Crippen LogP contribution in [0.1, 0.15) is 5.56 Å². The van der Waals surface area contributed by atoms with E-state index >= 15 is 0 Å². The van der Waals surface area contributed by atoms with Gasteiger partial charge in [0.1, 0.15) is 0 Å². The Bertz CT molecular complexity index is 405. The molecule has 0 bridgehead atoms. The molecule has 0 N–H and O–H groups in total. The van der Waals surface area contributed by atoms with Crippen molar-refractivity contribution in [3.63, 3.8) is 0 Å². The third-order valence-corrected chi connectivity index (χ3v) is 1.75. The molecule has 0 saturated carbocycles. The highest BCUT2D eigenvalue weighted by molar-refractivity contribution is 5.52. The summed E-state index contributed by atoms with van der Waals surface area (Å²) < 4.78 is 4.95. The van der Waals surface area contributed by atoms with Crippen molar-refractivity contribution in [2.45, 2.75) is 0 Å². The van der Waals surface area contributed by atoms with Crippen LogP contribution in [0.15, 0.2) is 47.8 Å². The predicted octanol–water partition coefficient (Wildman–Crippen LogP) is 2.25. The van der Waals surface area contributed by atoms with Gasteiger partial charge in [-0.15, -0.1) is 0 Å². The van der Waals surface area contributed by atoms with Crippen LogP contribution in [0, 0.1) is 0 Å². The van der Waals surface area contributed by atoms with Gasteiger partial charge in [-0.3, -0.25) is 4.79 Å². The fourth-order valence-corrected chi connectivity index (χ4v) is 1.06. The maximum Gasteiger partial charge on any atom is 0.227 e. The maximum atomic E-state index is 11.7. The van der Waals surface area contributed by atoms with E-state index < -0.39 is 0 Å². The van der Waals surface area contributed by atoms with Crippen LogP contribution in [-0.4, -0.2) is 7.11 Å². The summed E-state index contributed by atoms with van der Waals surface area (Å²) in [6.07, 6.45) is 5.05. The second kappa shape index (κ2) is 5.02. The lowest BCUT2D eigenvalue weighted by Gasteiger charge is -1.93. The van der Waals surface area contributed by atoms with Gasteiger partial charge in [-0.05, 0) is 6.07 Å². The van der Waals surface area contributed by atoms with Crippen molar-refractivity contribution >= 4 is 6.08 Å². The van der Waals surface area contributed by atoms with Crippen molar-refractivity contribution in [2.75, 3.05) is 7.11 Å².